The third kappa shape index (κ3) is 29.3. The Balaban J connectivity index is -0.0000000572. The van der Waals surface area contributed by atoms with Crippen molar-refractivity contribution < 1.29 is 626 Å². The van der Waals surface area contributed by atoms with Crippen LogP contribution in [0.2, 0.25) is 0 Å². The van der Waals surface area contributed by atoms with E-state index in [1.165, 1.54) is 100 Å². The summed E-state index contributed by atoms with van der Waals surface area (Å²) in [6, 6.07) is 0. The molecule has 1 heterocycles. The van der Waals surface area contributed by atoms with Gasteiger partial charge in [0.2, 0.25) is 0 Å². The summed E-state index contributed by atoms with van der Waals surface area (Å²) >= 11 is 0. The van der Waals surface area contributed by atoms with Crippen molar-refractivity contribution >= 4 is 0 Å². The summed E-state index contributed by atoms with van der Waals surface area (Å²) in [5.74, 6) is 2.47. The fourth-order valence-electron chi connectivity index (χ4n) is 6.40. The Kier molecular flexibility index (Phi) is 121. The summed E-state index contributed by atoms with van der Waals surface area (Å²) in [5.41, 5.74) is 23.2. The van der Waals surface area contributed by atoms with Crippen LogP contribution in [0.5, 0.6) is 5.75 Å². The molecular weight excluding hydrogens is 2130 g/mol. The SMILES string of the molecule is Cc1c(C)c(C)c([C-]2C[C-](c3c(C)c(C)c(C)c(C)c3C)c3c(C)c(C)c(C)c(C)c3O2)c(C)c1C.[Y].[Y].[Y].[Y].[Y].[Y].[Y].[Y].[Y].[Y].[Y].[Y].[Y].[Y].[Y].[Y].[Y].[Y].[Y]. The van der Waals surface area contributed by atoms with Gasteiger partial charge in [-0.1, -0.05) is 87.4 Å². The third-order valence-electron chi connectivity index (χ3n) is 10.1. The second kappa shape index (κ2) is 56.9. The first kappa shape index (κ1) is 117. The first-order valence-corrected chi connectivity index (χ1v) is 13.4. The molecule has 0 aliphatic carbocycles. The van der Waals surface area contributed by atoms with Crippen LogP contribution in [0.3, 0.4) is 0 Å². The van der Waals surface area contributed by atoms with Gasteiger partial charge in [-0.15, -0.1) is 56.0 Å². The molecule has 4 rings (SSSR count). The maximum Gasteiger partial charge on any atom is 0.0547 e. The summed E-state index contributed by atoms with van der Waals surface area (Å²) < 4.78 is 6.99. The van der Waals surface area contributed by atoms with Crippen molar-refractivity contribution in [2.75, 3.05) is 0 Å². The van der Waals surface area contributed by atoms with Crippen LogP contribution in [0.4, 0.5) is 0 Å². The Morgan fingerprint density at radius 1 is 0.255 bits per heavy atom. The number of benzene rings is 3. The minimum Gasteiger partial charge on any atom is -0.555 e. The minimum absolute atomic E-state index is 0. The van der Waals surface area contributed by atoms with E-state index in [1.807, 2.05) is 0 Å². The van der Waals surface area contributed by atoms with Gasteiger partial charge in [-0.3, -0.25) is 0 Å². The quantitative estimate of drug-likeness (QED) is 0.233. The van der Waals surface area contributed by atoms with Crippen LogP contribution in [0.15, 0.2) is 0 Å². The Morgan fingerprint density at radius 3 is 0.727 bits per heavy atom. The Labute approximate surface area is 816 Å². The van der Waals surface area contributed by atoms with E-state index in [9.17, 15) is 0 Å². The molecule has 249 valence electrons. The summed E-state index contributed by atoms with van der Waals surface area (Å²) in [6.07, 6.45) is 1.90. The van der Waals surface area contributed by atoms with Crippen molar-refractivity contribution in [2.45, 2.75) is 103 Å². The van der Waals surface area contributed by atoms with E-state index in [2.05, 4.69) is 96.9 Å². The predicted molar refractivity (Wildman–Crippen MR) is 155 cm³/mol. The second-order valence-electron chi connectivity index (χ2n) is 11.4. The van der Waals surface area contributed by atoms with Gasteiger partial charge in [0.05, 0.1) is 5.75 Å². The van der Waals surface area contributed by atoms with Gasteiger partial charge in [-0.05, 0) is 66.6 Å². The van der Waals surface area contributed by atoms with Crippen LogP contribution in [-0.2, 0) is 621 Å². The molecule has 0 bridgehead atoms. The van der Waals surface area contributed by atoms with E-state index in [0.29, 0.717) is 0 Å². The molecule has 1 aliphatic rings. The average Bonchev–Trinajstić information content (AvgIpc) is 2.85. The topological polar surface area (TPSA) is 9.23 Å². The minimum atomic E-state index is 0. The van der Waals surface area contributed by atoms with Crippen molar-refractivity contribution in [3.8, 4) is 5.75 Å². The number of hydrogen-bond donors (Lipinski definition) is 0. The number of fused-ring (bicyclic) bond motifs is 1. The van der Waals surface area contributed by atoms with Gasteiger partial charge in [0.25, 0.3) is 0 Å². The first-order valence-electron chi connectivity index (χ1n) is 13.4. The van der Waals surface area contributed by atoms with E-state index < -0.39 is 0 Å². The number of hydrogen-bond acceptors (Lipinski definition) is 1. The fraction of sp³-hybridized carbons (Fsp3) is 0.429. The molecule has 0 unspecified atom stereocenters. The molecule has 0 saturated carbocycles. The molecule has 55 heavy (non-hydrogen) atoms. The van der Waals surface area contributed by atoms with Crippen LogP contribution >= 0.6 is 0 Å². The van der Waals surface area contributed by atoms with Crippen molar-refractivity contribution in [3.63, 3.8) is 0 Å². The van der Waals surface area contributed by atoms with Gasteiger partial charge >= 0.3 is 0 Å². The van der Waals surface area contributed by atoms with Gasteiger partial charge in [-0.2, -0.15) is 0 Å². The normalized spacial score (nSPS) is 8.69. The van der Waals surface area contributed by atoms with E-state index in [4.69, 9.17) is 4.74 Å². The van der Waals surface area contributed by atoms with Crippen LogP contribution in [0.25, 0.3) is 0 Å². The van der Waals surface area contributed by atoms with Crippen molar-refractivity contribution in [3.05, 3.63) is 107 Å². The largest absolute Gasteiger partial charge is 0.555 e. The van der Waals surface area contributed by atoms with E-state index in [-0.39, 0.29) is 621 Å². The van der Waals surface area contributed by atoms with Gasteiger partial charge < -0.3 is 4.74 Å². The van der Waals surface area contributed by atoms with Gasteiger partial charge in [0, 0.05) is 621 Å². The van der Waals surface area contributed by atoms with Gasteiger partial charge in [-0.25, -0.2) is 0 Å². The van der Waals surface area contributed by atoms with Crippen LogP contribution < -0.4 is 4.74 Å². The fourth-order valence-corrected chi connectivity index (χ4v) is 6.40. The molecule has 1 nitrogen and oxygen atoms in total. The smallest absolute Gasteiger partial charge is 0.0547 e. The molecule has 0 amide bonds. The molecule has 1 aliphatic heterocycles. The number of ether oxygens (including phenoxy) is 1. The Hall–Kier alpha value is 18.2. The predicted octanol–water partition coefficient (Wildman–Crippen LogP) is 9.29. The maximum absolute atomic E-state index is 6.99. The van der Waals surface area contributed by atoms with Gasteiger partial charge in [0.1, 0.15) is 0 Å². The number of rotatable bonds is 2. The van der Waals surface area contributed by atoms with E-state index in [0.717, 1.165) is 18.3 Å². The van der Waals surface area contributed by atoms with Gasteiger partial charge in [0.15, 0.2) is 0 Å². The summed E-state index contributed by atoms with van der Waals surface area (Å²) in [4.78, 5) is 0. The zero-order valence-corrected chi connectivity index (χ0v) is 90.0. The molecule has 0 atom stereocenters. The first-order chi connectivity index (χ1) is 16.7. The standard InChI is InChI=1S/C35H44O.19Y/c1-16-18(3)24(9)32(25(10)19(16)4)30-15-31(33-26(11)20(5)17(2)21(6)27(33)12)36-35-29(14)23(8)22(7)28(13)34(30)35;;;;;;;;;;;;;;;;;;;/h15H2,1-14H3;;;;;;;;;;;;;;;;;;;/q-2;;;;;;;;;;;;;;;;;;;. The Morgan fingerprint density at radius 2 is 0.455 bits per heavy atom. The summed E-state index contributed by atoms with van der Waals surface area (Å²) in [6.45, 7) is 31.8. The Bertz CT molecular complexity index is 1410. The molecule has 3 aromatic carbocycles. The molecule has 0 N–H and O–H groups in total. The molecule has 0 fully saturated rings. The zero-order chi connectivity index (χ0) is 27.0. The van der Waals surface area contributed by atoms with E-state index >= 15 is 0 Å². The van der Waals surface area contributed by atoms with Crippen molar-refractivity contribution in [1.29, 1.82) is 0 Å². The van der Waals surface area contributed by atoms with Crippen LogP contribution in [-0.4, -0.2) is 0 Å². The average molecular weight is 2170 g/mol. The van der Waals surface area contributed by atoms with Crippen molar-refractivity contribution in [2.24, 2.45) is 0 Å². The molecule has 20 heteroatoms. The van der Waals surface area contributed by atoms with Crippen molar-refractivity contribution in [1.82, 2.24) is 0 Å². The van der Waals surface area contributed by atoms with E-state index in [1.54, 1.807) is 0 Å². The molecule has 0 aromatic heterocycles. The van der Waals surface area contributed by atoms with Crippen LogP contribution in [0.1, 0.15) is 101 Å². The maximum atomic E-state index is 6.99. The summed E-state index contributed by atoms with van der Waals surface area (Å²) in [7, 11) is 0. The molecule has 19 radical (unpaired) electrons. The molecule has 3 aromatic rings. The summed E-state index contributed by atoms with van der Waals surface area (Å²) in [5, 5.41) is 0. The molecule has 0 spiro atoms. The monoisotopic (exact) mass is 2170 g/mol. The zero-order valence-electron chi connectivity index (χ0n) is 36.1. The molecule has 0 saturated heterocycles. The third-order valence-corrected chi connectivity index (χ3v) is 10.1. The van der Waals surface area contributed by atoms with Crippen LogP contribution in [0, 0.1) is 109 Å². The second-order valence-corrected chi connectivity index (χ2v) is 11.4. The molecular formula is C35H44OY19-2.